The van der Waals surface area contributed by atoms with Crippen molar-refractivity contribution in [2.75, 3.05) is 20.2 Å². The Hall–Kier alpha value is -3.88. The number of aromatic nitrogens is 1. The van der Waals surface area contributed by atoms with Crippen LogP contribution >= 0.6 is 22.9 Å². The molecule has 1 aliphatic rings. The number of halogens is 1. The smallest absolute Gasteiger partial charge is 0.271 e. The summed E-state index contributed by atoms with van der Waals surface area (Å²) in [5.41, 5.74) is 2.22. The lowest BCUT2D eigenvalue weighted by molar-refractivity contribution is -0.127. The van der Waals surface area contributed by atoms with Gasteiger partial charge in [0.15, 0.2) is 4.80 Å². The number of carbonyl (C=O) groups is 1. The van der Waals surface area contributed by atoms with Gasteiger partial charge in [0.1, 0.15) is 17.5 Å². The fraction of sp³-hybridized carbons (Fsp3) is 0.303. The molecule has 4 aromatic rings. The summed E-state index contributed by atoms with van der Waals surface area (Å²) in [6, 6.07) is 16.4. The van der Waals surface area contributed by atoms with Crippen LogP contribution in [0.5, 0.6) is 11.5 Å². The average Bonchev–Trinajstić information content (AvgIpc) is 3.27. The lowest BCUT2D eigenvalue weighted by atomic mass is 9.90. The summed E-state index contributed by atoms with van der Waals surface area (Å²) in [6.45, 7) is 10.7. The van der Waals surface area contributed by atoms with Crippen LogP contribution in [-0.4, -0.2) is 41.7 Å². The van der Waals surface area contributed by atoms with Crippen LogP contribution in [0.4, 0.5) is 0 Å². The molecule has 9 heteroatoms. The van der Waals surface area contributed by atoms with Gasteiger partial charge < -0.3 is 14.4 Å². The number of ether oxygens (including phenoxy) is 2. The number of benzene rings is 3. The van der Waals surface area contributed by atoms with Crippen molar-refractivity contribution in [1.82, 2.24) is 9.47 Å². The molecule has 42 heavy (non-hydrogen) atoms. The normalized spacial score (nSPS) is 15.1. The number of methoxy groups -OCH3 is 1. The van der Waals surface area contributed by atoms with Crippen molar-refractivity contribution in [2.24, 2.45) is 4.99 Å². The fourth-order valence-electron chi connectivity index (χ4n) is 5.42. The van der Waals surface area contributed by atoms with Gasteiger partial charge in [-0.15, -0.1) is 0 Å². The minimum Gasteiger partial charge on any atom is -0.496 e. The minimum atomic E-state index is -0.747. The van der Waals surface area contributed by atoms with Crippen LogP contribution in [0.25, 0.3) is 16.8 Å². The molecule has 1 aliphatic heterocycles. The Balaban J connectivity index is 1.84. The maximum atomic E-state index is 14.4. The highest BCUT2D eigenvalue weighted by molar-refractivity contribution is 7.07. The van der Waals surface area contributed by atoms with E-state index in [0.717, 1.165) is 16.3 Å². The van der Waals surface area contributed by atoms with Crippen molar-refractivity contribution >= 4 is 45.7 Å². The summed E-state index contributed by atoms with van der Waals surface area (Å²) < 4.78 is 14.0. The maximum absolute atomic E-state index is 14.4. The molecule has 0 fully saturated rings. The summed E-state index contributed by atoms with van der Waals surface area (Å²) in [5, 5.41) is 2.42. The van der Waals surface area contributed by atoms with E-state index in [-0.39, 0.29) is 17.6 Å². The van der Waals surface area contributed by atoms with E-state index in [1.807, 2.05) is 71.0 Å². The van der Waals surface area contributed by atoms with E-state index >= 15 is 0 Å². The molecule has 1 amide bonds. The fourth-order valence-corrected chi connectivity index (χ4v) is 6.64. The molecule has 0 aliphatic carbocycles. The van der Waals surface area contributed by atoms with Gasteiger partial charge in [0.2, 0.25) is 0 Å². The van der Waals surface area contributed by atoms with E-state index in [9.17, 15) is 9.59 Å². The predicted molar refractivity (Wildman–Crippen MR) is 169 cm³/mol. The summed E-state index contributed by atoms with van der Waals surface area (Å²) >= 11 is 7.62. The standard InChI is InChI=1S/C33H34ClN3O4S/c1-7-36(8-2)32(39)28-20(5)35-33-37(30(28)29-24-12-10-9-11-21(24)13-15-26(29)40-6)31(38)27(42-33)18-22-17-23(34)14-16-25(22)41-19(3)4/h9-19,30H,7-8H2,1-6H3/b27-18-/t30-/m1/s1. The highest BCUT2D eigenvalue weighted by Gasteiger charge is 2.36. The largest absolute Gasteiger partial charge is 0.496 e. The van der Waals surface area contributed by atoms with Gasteiger partial charge in [-0.1, -0.05) is 53.3 Å². The molecule has 2 heterocycles. The van der Waals surface area contributed by atoms with Crippen molar-refractivity contribution in [3.05, 3.63) is 102 Å². The number of carbonyl (C=O) groups excluding carboxylic acids is 1. The first kappa shape index (κ1) is 29.6. The number of likely N-dealkylation sites (N-methyl/N-ethyl adjacent to an activating group) is 1. The molecule has 218 valence electrons. The molecule has 3 aromatic carbocycles. The molecule has 0 unspecified atom stereocenters. The van der Waals surface area contributed by atoms with E-state index in [0.29, 0.717) is 55.8 Å². The summed E-state index contributed by atoms with van der Waals surface area (Å²) in [6.07, 6.45) is 1.73. The third-order valence-corrected chi connectivity index (χ3v) is 8.57. The van der Waals surface area contributed by atoms with Crippen molar-refractivity contribution in [3.63, 3.8) is 0 Å². The number of fused-ring (bicyclic) bond motifs is 2. The number of allylic oxidation sites excluding steroid dienone is 1. The van der Waals surface area contributed by atoms with E-state index in [1.54, 1.807) is 40.9 Å². The SMILES string of the molecule is CCN(CC)C(=O)C1=C(C)N=c2s/c(=C\c3cc(Cl)ccc3OC(C)C)c(=O)n2[C@H]1c1c(OC)ccc2ccccc12. The first-order chi connectivity index (χ1) is 20.2. The van der Waals surface area contributed by atoms with E-state index in [2.05, 4.69) is 0 Å². The van der Waals surface area contributed by atoms with Crippen LogP contribution < -0.4 is 24.4 Å². The molecular formula is C33H34ClN3O4S. The zero-order valence-corrected chi connectivity index (χ0v) is 26.2. The Morgan fingerprint density at radius 2 is 1.83 bits per heavy atom. The third-order valence-electron chi connectivity index (χ3n) is 7.35. The minimum absolute atomic E-state index is 0.0605. The zero-order chi connectivity index (χ0) is 30.1. The van der Waals surface area contributed by atoms with Gasteiger partial charge in [0.25, 0.3) is 11.5 Å². The Bertz CT molecular complexity index is 1890. The van der Waals surface area contributed by atoms with E-state index in [1.165, 1.54) is 11.3 Å². The second-order valence-corrected chi connectivity index (χ2v) is 11.8. The molecule has 1 atom stereocenters. The Morgan fingerprint density at radius 3 is 2.52 bits per heavy atom. The number of hydrogen-bond acceptors (Lipinski definition) is 6. The molecule has 0 spiro atoms. The first-order valence-electron chi connectivity index (χ1n) is 14.0. The van der Waals surface area contributed by atoms with Gasteiger partial charge in [-0.3, -0.25) is 14.2 Å². The summed E-state index contributed by atoms with van der Waals surface area (Å²) in [7, 11) is 1.61. The Labute approximate surface area is 254 Å². The highest BCUT2D eigenvalue weighted by Crippen LogP contribution is 2.40. The molecule has 7 nitrogen and oxygen atoms in total. The van der Waals surface area contributed by atoms with Crippen molar-refractivity contribution in [3.8, 4) is 11.5 Å². The van der Waals surface area contributed by atoms with Crippen LogP contribution in [0.1, 0.15) is 51.8 Å². The molecule has 0 saturated heterocycles. The van der Waals surface area contributed by atoms with E-state index < -0.39 is 6.04 Å². The Kier molecular flexibility index (Phi) is 8.57. The van der Waals surface area contributed by atoms with Gasteiger partial charge in [-0.05, 0) is 75.7 Å². The number of amides is 1. The van der Waals surface area contributed by atoms with Gasteiger partial charge in [-0.25, -0.2) is 4.99 Å². The van der Waals surface area contributed by atoms with Crippen LogP contribution in [0.3, 0.4) is 0 Å². The van der Waals surface area contributed by atoms with Gasteiger partial charge >= 0.3 is 0 Å². The maximum Gasteiger partial charge on any atom is 0.271 e. The second-order valence-electron chi connectivity index (χ2n) is 10.3. The van der Waals surface area contributed by atoms with Crippen LogP contribution in [0, 0.1) is 0 Å². The molecule has 0 bridgehead atoms. The van der Waals surface area contributed by atoms with Gasteiger partial charge in [-0.2, -0.15) is 0 Å². The topological polar surface area (TPSA) is 73.1 Å². The summed E-state index contributed by atoms with van der Waals surface area (Å²) in [5.74, 6) is 1.06. The van der Waals surface area contributed by atoms with E-state index in [4.69, 9.17) is 26.1 Å². The Morgan fingerprint density at radius 1 is 1.12 bits per heavy atom. The van der Waals surface area contributed by atoms with Crippen LogP contribution in [-0.2, 0) is 4.79 Å². The summed E-state index contributed by atoms with van der Waals surface area (Å²) in [4.78, 5) is 35.6. The average molecular weight is 604 g/mol. The predicted octanol–water partition coefficient (Wildman–Crippen LogP) is 5.71. The quantitative estimate of drug-likeness (QED) is 0.259. The second kappa shape index (κ2) is 12.2. The van der Waals surface area contributed by atoms with Crippen molar-refractivity contribution in [1.29, 1.82) is 0 Å². The van der Waals surface area contributed by atoms with Crippen LogP contribution in [0.2, 0.25) is 5.02 Å². The highest BCUT2D eigenvalue weighted by atomic mass is 35.5. The molecule has 0 N–H and O–H groups in total. The van der Waals surface area contributed by atoms with Gasteiger partial charge in [0, 0.05) is 29.2 Å². The monoisotopic (exact) mass is 603 g/mol. The number of rotatable bonds is 8. The molecular weight excluding hydrogens is 570 g/mol. The third kappa shape index (κ3) is 5.37. The number of nitrogens with zero attached hydrogens (tertiary/aromatic N) is 3. The number of thiazole rings is 1. The zero-order valence-electron chi connectivity index (χ0n) is 24.6. The molecule has 1 aromatic heterocycles. The lowest BCUT2D eigenvalue weighted by Crippen LogP contribution is -2.43. The molecule has 5 rings (SSSR count). The number of hydrogen-bond donors (Lipinski definition) is 0. The van der Waals surface area contributed by atoms with Crippen molar-refractivity contribution in [2.45, 2.75) is 46.8 Å². The van der Waals surface area contributed by atoms with Crippen molar-refractivity contribution < 1.29 is 14.3 Å². The molecule has 0 radical (unpaired) electrons. The molecule has 0 saturated carbocycles. The first-order valence-corrected chi connectivity index (χ1v) is 15.2. The van der Waals surface area contributed by atoms with Gasteiger partial charge in [0.05, 0.1) is 29.0 Å². The lowest BCUT2D eigenvalue weighted by Gasteiger charge is -2.30. The van der Waals surface area contributed by atoms with Crippen LogP contribution in [0.15, 0.2) is 75.7 Å².